The molecule has 2 aliphatic rings. The molecular weight excluding hydrogens is 286 g/mol. The molecule has 0 aromatic carbocycles. The molecule has 0 amide bonds. The van der Waals surface area contributed by atoms with Gasteiger partial charge in [-0.05, 0) is 37.7 Å². The van der Waals surface area contributed by atoms with Gasteiger partial charge in [-0.1, -0.05) is 0 Å². The summed E-state index contributed by atoms with van der Waals surface area (Å²) in [5.74, 6) is -0.0265. The zero-order chi connectivity index (χ0) is 14.4. The van der Waals surface area contributed by atoms with Gasteiger partial charge < -0.3 is 10.0 Å². The number of carboxylic acids is 1. The van der Waals surface area contributed by atoms with Gasteiger partial charge in [0, 0.05) is 18.0 Å². The van der Waals surface area contributed by atoms with Gasteiger partial charge in [0.15, 0.2) is 0 Å². The summed E-state index contributed by atoms with van der Waals surface area (Å²) >= 11 is 1.78. The van der Waals surface area contributed by atoms with Crippen LogP contribution in [0.25, 0.3) is 10.2 Å². The summed E-state index contributed by atoms with van der Waals surface area (Å²) in [5.41, 5.74) is 1.41. The number of anilines is 1. The summed E-state index contributed by atoms with van der Waals surface area (Å²) in [6.07, 6.45) is 6.76. The number of carboxylic acid groups (broad SMARTS) is 1. The van der Waals surface area contributed by atoms with Gasteiger partial charge >= 0.3 is 5.97 Å². The van der Waals surface area contributed by atoms with Crippen LogP contribution >= 0.6 is 11.3 Å². The number of nitrogens with zero attached hydrogens (tertiary/aromatic N) is 3. The first-order valence-corrected chi connectivity index (χ1v) is 8.28. The van der Waals surface area contributed by atoms with Crippen molar-refractivity contribution in [3.8, 4) is 0 Å². The van der Waals surface area contributed by atoms with Crippen molar-refractivity contribution >= 4 is 33.3 Å². The van der Waals surface area contributed by atoms with E-state index in [2.05, 4.69) is 14.9 Å². The van der Waals surface area contributed by atoms with Crippen molar-refractivity contribution in [3.63, 3.8) is 0 Å². The first kappa shape index (κ1) is 13.0. The van der Waals surface area contributed by atoms with Crippen LogP contribution in [0, 0.1) is 5.92 Å². The van der Waals surface area contributed by atoms with Crippen molar-refractivity contribution in [3.05, 3.63) is 16.8 Å². The maximum absolute atomic E-state index is 11.3. The van der Waals surface area contributed by atoms with Crippen LogP contribution in [0.3, 0.4) is 0 Å². The molecule has 0 unspecified atom stereocenters. The number of thiophene rings is 1. The molecule has 1 aliphatic heterocycles. The second kappa shape index (κ2) is 4.94. The number of aromatic nitrogens is 2. The summed E-state index contributed by atoms with van der Waals surface area (Å²) < 4.78 is 0. The molecule has 4 rings (SSSR count). The topological polar surface area (TPSA) is 66.3 Å². The lowest BCUT2D eigenvalue weighted by Crippen LogP contribution is -2.39. The summed E-state index contributed by atoms with van der Waals surface area (Å²) in [5, 5.41) is 10.5. The molecule has 5 nitrogen and oxygen atoms in total. The highest BCUT2D eigenvalue weighted by Crippen LogP contribution is 2.40. The normalized spacial score (nSPS) is 21.7. The van der Waals surface area contributed by atoms with Gasteiger partial charge in [-0.15, -0.1) is 11.3 Å². The van der Waals surface area contributed by atoms with E-state index in [1.165, 1.54) is 22.2 Å². The molecule has 1 atom stereocenters. The van der Waals surface area contributed by atoms with Crippen molar-refractivity contribution < 1.29 is 9.90 Å². The van der Waals surface area contributed by atoms with Gasteiger partial charge in [-0.3, -0.25) is 4.79 Å². The van der Waals surface area contributed by atoms with Crippen molar-refractivity contribution in [2.24, 2.45) is 5.92 Å². The van der Waals surface area contributed by atoms with E-state index in [1.54, 1.807) is 17.7 Å². The first-order valence-electron chi connectivity index (χ1n) is 7.47. The maximum Gasteiger partial charge on any atom is 0.308 e. The molecule has 1 fully saturated rings. The number of hydrogen-bond donors (Lipinski definition) is 1. The minimum atomic E-state index is -0.694. The van der Waals surface area contributed by atoms with Gasteiger partial charge in [-0.25, -0.2) is 9.97 Å². The lowest BCUT2D eigenvalue weighted by Gasteiger charge is -2.32. The van der Waals surface area contributed by atoms with Crippen molar-refractivity contribution in [2.45, 2.75) is 32.1 Å². The third-order valence-electron chi connectivity index (χ3n) is 4.55. The van der Waals surface area contributed by atoms with E-state index < -0.39 is 5.97 Å². The van der Waals surface area contributed by atoms with Crippen LogP contribution in [-0.2, 0) is 17.6 Å². The third-order valence-corrected chi connectivity index (χ3v) is 5.75. The summed E-state index contributed by atoms with van der Waals surface area (Å²) in [6, 6.07) is 0. The van der Waals surface area contributed by atoms with Gasteiger partial charge in [0.1, 0.15) is 17.0 Å². The Bertz CT molecular complexity index is 712. The molecule has 3 heterocycles. The van der Waals surface area contributed by atoms with Gasteiger partial charge in [0.2, 0.25) is 0 Å². The molecule has 6 heteroatoms. The van der Waals surface area contributed by atoms with E-state index in [9.17, 15) is 9.90 Å². The predicted molar refractivity (Wildman–Crippen MR) is 82.0 cm³/mol. The Balaban J connectivity index is 1.78. The molecule has 0 radical (unpaired) electrons. The van der Waals surface area contributed by atoms with E-state index in [0.717, 1.165) is 42.9 Å². The Labute approximate surface area is 126 Å². The highest BCUT2D eigenvalue weighted by molar-refractivity contribution is 7.19. The summed E-state index contributed by atoms with van der Waals surface area (Å²) in [4.78, 5) is 24.8. The summed E-state index contributed by atoms with van der Waals surface area (Å²) in [7, 11) is 0. The Hall–Kier alpha value is -1.69. The van der Waals surface area contributed by atoms with E-state index in [1.807, 2.05) is 0 Å². The van der Waals surface area contributed by atoms with Gasteiger partial charge in [0.25, 0.3) is 0 Å². The second-order valence-electron chi connectivity index (χ2n) is 5.86. The molecule has 2 aromatic heterocycles. The SMILES string of the molecule is O=C(O)[C@@H]1CCCN(c2ncnc3sc4c(c23)CCC4)C1. The number of hydrogen-bond acceptors (Lipinski definition) is 5. The molecular formula is C15H17N3O2S. The van der Waals surface area contributed by atoms with Crippen molar-refractivity contribution in [1.82, 2.24) is 9.97 Å². The van der Waals surface area contributed by atoms with Crippen LogP contribution in [-0.4, -0.2) is 34.1 Å². The van der Waals surface area contributed by atoms with Gasteiger partial charge in [-0.2, -0.15) is 0 Å². The first-order chi connectivity index (χ1) is 10.2. The molecule has 1 N–H and O–H groups in total. The van der Waals surface area contributed by atoms with E-state index in [0.29, 0.717) is 6.54 Å². The van der Waals surface area contributed by atoms with Crippen LogP contribution < -0.4 is 4.90 Å². The minimum Gasteiger partial charge on any atom is -0.481 e. The van der Waals surface area contributed by atoms with Crippen LogP contribution in [0.4, 0.5) is 5.82 Å². The number of fused-ring (bicyclic) bond motifs is 3. The zero-order valence-electron chi connectivity index (χ0n) is 11.7. The van der Waals surface area contributed by atoms with E-state index in [4.69, 9.17) is 0 Å². The van der Waals surface area contributed by atoms with Crippen LogP contribution in [0.15, 0.2) is 6.33 Å². The van der Waals surface area contributed by atoms with Crippen LogP contribution in [0.2, 0.25) is 0 Å². The quantitative estimate of drug-likeness (QED) is 0.923. The highest BCUT2D eigenvalue weighted by Gasteiger charge is 2.29. The lowest BCUT2D eigenvalue weighted by atomic mass is 9.98. The van der Waals surface area contributed by atoms with E-state index >= 15 is 0 Å². The molecule has 1 aliphatic carbocycles. The number of aliphatic carboxylic acids is 1. The maximum atomic E-state index is 11.3. The zero-order valence-corrected chi connectivity index (χ0v) is 12.5. The smallest absolute Gasteiger partial charge is 0.308 e. The number of carbonyl (C=O) groups is 1. The molecule has 1 saturated heterocycles. The fraction of sp³-hybridized carbons (Fsp3) is 0.533. The molecule has 21 heavy (non-hydrogen) atoms. The van der Waals surface area contributed by atoms with Gasteiger partial charge in [0.05, 0.1) is 11.3 Å². The fourth-order valence-electron chi connectivity index (χ4n) is 3.52. The second-order valence-corrected chi connectivity index (χ2v) is 6.94. The Morgan fingerprint density at radius 3 is 3.10 bits per heavy atom. The monoisotopic (exact) mass is 303 g/mol. The Morgan fingerprint density at radius 2 is 2.24 bits per heavy atom. The molecule has 0 saturated carbocycles. The molecule has 0 bridgehead atoms. The van der Waals surface area contributed by atoms with Crippen LogP contribution in [0.1, 0.15) is 29.7 Å². The lowest BCUT2D eigenvalue weighted by molar-refractivity contribution is -0.141. The molecule has 0 spiro atoms. The third kappa shape index (κ3) is 2.09. The average Bonchev–Trinajstić information content (AvgIpc) is 3.07. The average molecular weight is 303 g/mol. The highest BCUT2D eigenvalue weighted by atomic mass is 32.1. The number of piperidine rings is 1. The minimum absolute atomic E-state index is 0.282. The molecule has 2 aromatic rings. The number of rotatable bonds is 2. The Kier molecular flexibility index (Phi) is 3.06. The fourth-order valence-corrected chi connectivity index (χ4v) is 4.75. The largest absolute Gasteiger partial charge is 0.481 e. The number of aryl methyl sites for hydroxylation is 2. The Morgan fingerprint density at radius 1 is 1.33 bits per heavy atom. The van der Waals surface area contributed by atoms with E-state index in [-0.39, 0.29) is 5.92 Å². The van der Waals surface area contributed by atoms with Crippen molar-refractivity contribution in [2.75, 3.05) is 18.0 Å². The van der Waals surface area contributed by atoms with Crippen molar-refractivity contribution in [1.29, 1.82) is 0 Å². The molecule has 110 valence electrons. The summed E-state index contributed by atoms with van der Waals surface area (Å²) in [6.45, 7) is 1.45. The standard InChI is InChI=1S/C15H17N3O2S/c19-15(20)9-3-2-6-18(7-9)13-12-10-4-1-5-11(10)21-14(12)17-8-16-13/h8-9H,1-7H2,(H,19,20)/t9-/m1/s1. The van der Waals surface area contributed by atoms with Crippen LogP contribution in [0.5, 0.6) is 0 Å². The predicted octanol–water partition coefficient (Wildman–Crippen LogP) is 2.48.